The second-order valence-corrected chi connectivity index (χ2v) is 6.59. The molecule has 0 radical (unpaired) electrons. The van der Waals surface area contributed by atoms with Crippen molar-refractivity contribution in [1.29, 1.82) is 0 Å². The molecule has 0 bridgehead atoms. The molecule has 0 aliphatic rings. The Morgan fingerprint density at radius 3 is 2.56 bits per heavy atom. The maximum atomic E-state index is 4.56. The molecule has 1 rings (SSSR count). The lowest BCUT2D eigenvalue weighted by atomic mass is 10.1. The fourth-order valence-corrected chi connectivity index (χ4v) is 4.14. The van der Waals surface area contributed by atoms with Crippen LogP contribution in [0.5, 0.6) is 0 Å². The summed E-state index contributed by atoms with van der Waals surface area (Å²) >= 11 is 3.44. The number of hydrogen-bond acceptors (Lipinski definition) is 5. The third-order valence-corrected chi connectivity index (χ3v) is 5.25. The lowest BCUT2D eigenvalue weighted by Crippen LogP contribution is -2.37. The first-order chi connectivity index (χ1) is 8.74. The monoisotopic (exact) mass is 287 g/mol. The van der Waals surface area contributed by atoms with Gasteiger partial charge in [-0.25, -0.2) is 4.98 Å². The summed E-state index contributed by atoms with van der Waals surface area (Å²) in [6.07, 6.45) is 4.56. The number of rotatable bonds is 9. The van der Waals surface area contributed by atoms with Crippen LogP contribution in [0, 0.1) is 0 Å². The van der Waals surface area contributed by atoms with E-state index in [1.807, 2.05) is 11.8 Å². The SMILES string of the molecule is CCCC(NCC)C(CC)Sc1nc(CC)ns1. The van der Waals surface area contributed by atoms with E-state index in [1.54, 1.807) is 11.5 Å². The largest absolute Gasteiger partial charge is 0.313 e. The van der Waals surface area contributed by atoms with E-state index in [0.29, 0.717) is 11.3 Å². The molecule has 0 spiro atoms. The highest BCUT2D eigenvalue weighted by Crippen LogP contribution is 2.30. The molecule has 0 fully saturated rings. The Morgan fingerprint density at radius 1 is 1.28 bits per heavy atom. The van der Waals surface area contributed by atoms with E-state index < -0.39 is 0 Å². The van der Waals surface area contributed by atoms with E-state index in [0.717, 1.165) is 23.1 Å². The van der Waals surface area contributed by atoms with Crippen LogP contribution in [0.1, 0.15) is 52.8 Å². The van der Waals surface area contributed by atoms with Crippen LogP contribution < -0.4 is 5.32 Å². The molecular formula is C13H25N3S2. The van der Waals surface area contributed by atoms with Crippen LogP contribution in [0.2, 0.25) is 0 Å². The maximum absolute atomic E-state index is 4.56. The summed E-state index contributed by atoms with van der Waals surface area (Å²) in [5, 5.41) is 4.21. The Morgan fingerprint density at radius 2 is 2.06 bits per heavy atom. The highest BCUT2D eigenvalue weighted by molar-refractivity contribution is 8.01. The molecule has 2 atom stereocenters. The summed E-state index contributed by atoms with van der Waals surface area (Å²) in [6.45, 7) is 9.84. The highest BCUT2D eigenvalue weighted by atomic mass is 32.2. The molecule has 1 N–H and O–H groups in total. The van der Waals surface area contributed by atoms with Crippen LogP contribution in [0.4, 0.5) is 0 Å². The minimum Gasteiger partial charge on any atom is -0.313 e. The van der Waals surface area contributed by atoms with Crippen molar-refractivity contribution in [2.75, 3.05) is 6.54 Å². The number of nitrogens with zero attached hydrogens (tertiary/aromatic N) is 2. The van der Waals surface area contributed by atoms with Gasteiger partial charge in [0, 0.05) is 17.7 Å². The van der Waals surface area contributed by atoms with Gasteiger partial charge >= 0.3 is 0 Å². The van der Waals surface area contributed by atoms with Crippen molar-refractivity contribution in [1.82, 2.24) is 14.7 Å². The molecule has 0 aliphatic carbocycles. The molecular weight excluding hydrogens is 262 g/mol. The van der Waals surface area contributed by atoms with Crippen LogP contribution in [-0.2, 0) is 6.42 Å². The summed E-state index contributed by atoms with van der Waals surface area (Å²) in [5.41, 5.74) is 0. The molecule has 1 aromatic rings. The quantitative estimate of drug-likeness (QED) is 0.702. The number of hydrogen-bond donors (Lipinski definition) is 1. The number of aryl methyl sites for hydroxylation is 1. The lowest BCUT2D eigenvalue weighted by Gasteiger charge is -2.25. The third-order valence-electron chi connectivity index (χ3n) is 2.94. The fourth-order valence-electron chi connectivity index (χ4n) is 2.00. The Balaban J connectivity index is 2.62. The zero-order valence-corrected chi connectivity index (χ0v) is 13.5. The van der Waals surface area contributed by atoms with Gasteiger partial charge in [-0.05, 0) is 30.9 Å². The van der Waals surface area contributed by atoms with Gasteiger partial charge in [0.25, 0.3) is 0 Å². The molecule has 0 amide bonds. The molecule has 0 saturated carbocycles. The molecule has 0 aliphatic heterocycles. The highest BCUT2D eigenvalue weighted by Gasteiger charge is 2.21. The normalized spacial score (nSPS) is 14.7. The number of aromatic nitrogens is 2. The Hall–Kier alpha value is -0.130. The third kappa shape index (κ3) is 4.86. The van der Waals surface area contributed by atoms with Gasteiger partial charge in [-0.1, -0.05) is 45.9 Å². The van der Waals surface area contributed by atoms with E-state index in [1.165, 1.54) is 19.3 Å². The van der Waals surface area contributed by atoms with E-state index in [-0.39, 0.29) is 0 Å². The molecule has 0 saturated heterocycles. The van der Waals surface area contributed by atoms with Crippen molar-refractivity contribution in [3.05, 3.63) is 5.82 Å². The van der Waals surface area contributed by atoms with Gasteiger partial charge < -0.3 is 5.32 Å². The molecule has 104 valence electrons. The van der Waals surface area contributed by atoms with Gasteiger partial charge in [0.05, 0.1) is 0 Å². The average Bonchev–Trinajstić information content (AvgIpc) is 2.83. The van der Waals surface area contributed by atoms with Crippen molar-refractivity contribution >= 4 is 23.3 Å². The summed E-state index contributed by atoms with van der Waals surface area (Å²) in [6, 6.07) is 0.587. The van der Waals surface area contributed by atoms with Crippen LogP contribution in [0.15, 0.2) is 4.34 Å². The predicted octanol–water partition coefficient (Wildman–Crippen LogP) is 3.75. The molecule has 1 aromatic heterocycles. The molecule has 1 heterocycles. The Bertz CT molecular complexity index is 322. The minimum atomic E-state index is 0.587. The van der Waals surface area contributed by atoms with Gasteiger partial charge in [-0.2, -0.15) is 4.37 Å². The summed E-state index contributed by atoms with van der Waals surface area (Å²) in [5.74, 6) is 0.979. The first kappa shape index (κ1) is 15.9. The van der Waals surface area contributed by atoms with Gasteiger partial charge in [0.15, 0.2) is 4.34 Å². The fraction of sp³-hybridized carbons (Fsp3) is 0.846. The minimum absolute atomic E-state index is 0.587. The average molecular weight is 287 g/mol. The van der Waals surface area contributed by atoms with Crippen molar-refractivity contribution in [2.24, 2.45) is 0 Å². The van der Waals surface area contributed by atoms with E-state index in [4.69, 9.17) is 0 Å². The second-order valence-electron chi connectivity index (χ2n) is 4.35. The molecule has 3 nitrogen and oxygen atoms in total. The summed E-state index contributed by atoms with van der Waals surface area (Å²) in [4.78, 5) is 4.56. The number of thioether (sulfide) groups is 1. The van der Waals surface area contributed by atoms with Crippen molar-refractivity contribution < 1.29 is 0 Å². The summed E-state index contributed by atoms with van der Waals surface area (Å²) < 4.78 is 5.49. The molecule has 18 heavy (non-hydrogen) atoms. The summed E-state index contributed by atoms with van der Waals surface area (Å²) in [7, 11) is 0. The number of nitrogens with one attached hydrogen (secondary N) is 1. The lowest BCUT2D eigenvalue weighted by molar-refractivity contribution is 0.465. The second kappa shape index (κ2) is 8.88. The zero-order chi connectivity index (χ0) is 13.4. The molecule has 0 aromatic carbocycles. The van der Waals surface area contributed by atoms with Crippen LogP contribution in [-0.4, -0.2) is 27.2 Å². The topological polar surface area (TPSA) is 37.8 Å². The van der Waals surface area contributed by atoms with Crippen LogP contribution in [0.25, 0.3) is 0 Å². The maximum Gasteiger partial charge on any atom is 0.170 e. The standard InChI is InChI=1S/C13H25N3S2/c1-5-9-10(14-8-4)11(6-2)17-13-15-12(7-3)16-18-13/h10-11,14H,5-9H2,1-4H3. The predicted molar refractivity (Wildman–Crippen MR) is 81.6 cm³/mol. The van der Waals surface area contributed by atoms with Crippen LogP contribution >= 0.6 is 23.3 Å². The smallest absolute Gasteiger partial charge is 0.170 e. The van der Waals surface area contributed by atoms with Gasteiger partial charge in [-0.15, -0.1) is 0 Å². The van der Waals surface area contributed by atoms with Gasteiger partial charge in [0.2, 0.25) is 0 Å². The Kier molecular flexibility index (Phi) is 7.86. The molecule has 5 heteroatoms. The van der Waals surface area contributed by atoms with Crippen molar-refractivity contribution in [3.8, 4) is 0 Å². The van der Waals surface area contributed by atoms with E-state index in [9.17, 15) is 0 Å². The first-order valence-corrected chi connectivity index (χ1v) is 8.62. The van der Waals surface area contributed by atoms with E-state index >= 15 is 0 Å². The zero-order valence-electron chi connectivity index (χ0n) is 11.9. The van der Waals surface area contributed by atoms with E-state index in [2.05, 4.69) is 42.4 Å². The molecule has 2 unspecified atom stereocenters. The van der Waals surface area contributed by atoms with Gasteiger partial charge in [-0.3, -0.25) is 0 Å². The van der Waals surface area contributed by atoms with Gasteiger partial charge in [0.1, 0.15) is 5.82 Å². The van der Waals surface area contributed by atoms with Crippen molar-refractivity contribution in [2.45, 2.75) is 69.0 Å². The Labute approximate surface area is 119 Å². The van der Waals surface area contributed by atoms with Crippen LogP contribution in [0.3, 0.4) is 0 Å². The first-order valence-electron chi connectivity index (χ1n) is 6.97. The van der Waals surface area contributed by atoms with Crippen molar-refractivity contribution in [3.63, 3.8) is 0 Å².